The highest BCUT2D eigenvalue weighted by Crippen LogP contribution is 2.21. The Hall–Kier alpha value is -0.350. The second-order valence-electron chi connectivity index (χ2n) is 3.93. The van der Waals surface area contributed by atoms with Crippen molar-refractivity contribution in [1.29, 1.82) is 0 Å². The van der Waals surface area contributed by atoms with Gasteiger partial charge in [0.05, 0.1) is 5.69 Å². The van der Waals surface area contributed by atoms with Crippen LogP contribution in [0.1, 0.15) is 26.0 Å². The van der Waals surface area contributed by atoms with Gasteiger partial charge in [0.2, 0.25) is 0 Å². The Labute approximate surface area is 102 Å². The first-order chi connectivity index (χ1) is 7.20. The summed E-state index contributed by atoms with van der Waals surface area (Å²) in [5, 5.41) is 2.06. The van der Waals surface area contributed by atoms with Gasteiger partial charge in [-0.25, -0.2) is 4.98 Å². The van der Waals surface area contributed by atoms with Crippen LogP contribution in [0.3, 0.4) is 0 Å². The Kier molecular flexibility index (Phi) is 3.46. The molecule has 0 amide bonds. The van der Waals surface area contributed by atoms with E-state index in [9.17, 15) is 0 Å². The van der Waals surface area contributed by atoms with Gasteiger partial charge in [-0.05, 0) is 18.8 Å². The minimum Gasteiger partial charge on any atom is -0.297 e. The van der Waals surface area contributed by atoms with Crippen LogP contribution in [-0.2, 0) is 6.42 Å². The monoisotopic (exact) mass is 286 g/mol. The van der Waals surface area contributed by atoms with E-state index in [-0.39, 0.29) is 0 Å². The first-order valence-electron chi connectivity index (χ1n) is 5.26. The highest BCUT2D eigenvalue weighted by molar-refractivity contribution is 9.09. The Balaban J connectivity index is 2.09. The molecule has 0 aliphatic carbocycles. The molecule has 0 saturated carbocycles. The van der Waals surface area contributed by atoms with Gasteiger partial charge < -0.3 is 0 Å². The number of aromatic nitrogens is 2. The highest BCUT2D eigenvalue weighted by atomic mass is 79.9. The van der Waals surface area contributed by atoms with Crippen LogP contribution in [0.5, 0.6) is 0 Å². The molecule has 0 aromatic carbocycles. The third kappa shape index (κ3) is 2.42. The van der Waals surface area contributed by atoms with Crippen LogP contribution in [0.15, 0.2) is 17.8 Å². The van der Waals surface area contributed by atoms with E-state index in [0.29, 0.717) is 10.7 Å². The summed E-state index contributed by atoms with van der Waals surface area (Å²) in [6.07, 6.45) is 6.42. The van der Waals surface area contributed by atoms with Crippen LogP contribution >= 0.6 is 27.3 Å². The third-order valence-corrected chi connectivity index (χ3v) is 5.00. The lowest BCUT2D eigenvalue weighted by molar-refractivity contribution is 0.540. The van der Waals surface area contributed by atoms with Gasteiger partial charge in [-0.2, -0.15) is 0 Å². The molecule has 0 spiro atoms. The zero-order chi connectivity index (χ0) is 10.8. The molecule has 0 N–H and O–H groups in total. The minimum absolute atomic E-state index is 0.595. The summed E-state index contributed by atoms with van der Waals surface area (Å²) in [6.45, 7) is 4.48. The lowest BCUT2D eigenvalue weighted by atomic mass is 10.0. The smallest absolute Gasteiger partial charge is 0.193 e. The summed E-state index contributed by atoms with van der Waals surface area (Å²) >= 11 is 5.39. The molecular weight excluding hydrogens is 272 g/mol. The predicted octanol–water partition coefficient (Wildman–Crippen LogP) is 3.75. The molecule has 0 aliphatic rings. The predicted molar refractivity (Wildman–Crippen MR) is 68.9 cm³/mol. The topological polar surface area (TPSA) is 17.3 Å². The molecule has 2 aromatic rings. The van der Waals surface area contributed by atoms with Crippen LogP contribution in [0, 0.1) is 5.92 Å². The van der Waals surface area contributed by atoms with Crippen molar-refractivity contribution in [2.24, 2.45) is 5.92 Å². The van der Waals surface area contributed by atoms with Crippen molar-refractivity contribution < 1.29 is 0 Å². The third-order valence-electron chi connectivity index (χ3n) is 2.68. The molecule has 2 rings (SSSR count). The van der Waals surface area contributed by atoms with Gasteiger partial charge in [-0.3, -0.25) is 4.40 Å². The first kappa shape index (κ1) is 11.1. The number of hydrogen-bond donors (Lipinski definition) is 0. The summed E-state index contributed by atoms with van der Waals surface area (Å²) in [4.78, 5) is 6.28. The summed E-state index contributed by atoms with van der Waals surface area (Å²) < 4.78 is 2.10. The van der Waals surface area contributed by atoms with Crippen molar-refractivity contribution in [1.82, 2.24) is 9.38 Å². The quantitative estimate of drug-likeness (QED) is 0.783. The number of fused-ring (bicyclic) bond motifs is 1. The molecule has 0 radical (unpaired) electrons. The van der Waals surface area contributed by atoms with Gasteiger partial charge in [0.1, 0.15) is 0 Å². The molecule has 0 fully saturated rings. The fraction of sp³-hybridized carbons (Fsp3) is 0.545. The van der Waals surface area contributed by atoms with Gasteiger partial charge in [-0.1, -0.05) is 29.8 Å². The van der Waals surface area contributed by atoms with Crippen molar-refractivity contribution in [3.8, 4) is 0 Å². The first-order valence-corrected chi connectivity index (χ1v) is 7.05. The molecule has 2 nitrogen and oxygen atoms in total. The van der Waals surface area contributed by atoms with Crippen molar-refractivity contribution >= 4 is 32.2 Å². The fourth-order valence-electron chi connectivity index (χ4n) is 1.73. The minimum atomic E-state index is 0.595. The maximum atomic E-state index is 4.59. The molecule has 2 atom stereocenters. The van der Waals surface area contributed by atoms with E-state index in [0.717, 1.165) is 11.4 Å². The van der Waals surface area contributed by atoms with Crippen LogP contribution in [0.4, 0.5) is 0 Å². The van der Waals surface area contributed by atoms with Crippen molar-refractivity contribution in [3.63, 3.8) is 0 Å². The zero-order valence-corrected chi connectivity index (χ0v) is 11.4. The molecule has 0 bridgehead atoms. The average Bonchev–Trinajstić information content (AvgIpc) is 2.76. The average molecular weight is 287 g/mol. The van der Waals surface area contributed by atoms with Gasteiger partial charge in [0, 0.05) is 22.6 Å². The zero-order valence-electron chi connectivity index (χ0n) is 8.98. The van der Waals surface area contributed by atoms with Crippen molar-refractivity contribution in [2.45, 2.75) is 31.5 Å². The van der Waals surface area contributed by atoms with Crippen LogP contribution in [0.25, 0.3) is 4.96 Å². The molecule has 2 heterocycles. The van der Waals surface area contributed by atoms with Gasteiger partial charge >= 0.3 is 0 Å². The van der Waals surface area contributed by atoms with E-state index in [1.54, 1.807) is 11.3 Å². The lowest BCUT2D eigenvalue weighted by Crippen LogP contribution is -2.12. The van der Waals surface area contributed by atoms with Gasteiger partial charge in [0.15, 0.2) is 4.96 Å². The number of imidazole rings is 1. The maximum absolute atomic E-state index is 4.59. The second-order valence-corrected chi connectivity index (χ2v) is 5.98. The van der Waals surface area contributed by atoms with Gasteiger partial charge in [-0.15, -0.1) is 11.3 Å². The highest BCUT2D eigenvalue weighted by Gasteiger charge is 2.14. The SMILES string of the molecule is CCC(Br)C(C)Cc1cn2ccsc2n1. The number of nitrogens with zero attached hydrogens (tertiary/aromatic N) is 2. The molecule has 0 aliphatic heterocycles. The molecule has 15 heavy (non-hydrogen) atoms. The molecular formula is C11H15BrN2S. The van der Waals surface area contributed by atoms with Crippen LogP contribution < -0.4 is 0 Å². The number of rotatable bonds is 4. The normalized spacial score (nSPS) is 15.7. The Morgan fingerprint density at radius 2 is 2.40 bits per heavy atom. The van der Waals surface area contributed by atoms with Gasteiger partial charge in [0.25, 0.3) is 0 Å². The number of alkyl halides is 1. The second kappa shape index (κ2) is 4.66. The number of halogens is 1. The Morgan fingerprint density at radius 3 is 3.07 bits per heavy atom. The number of hydrogen-bond acceptors (Lipinski definition) is 2. The maximum Gasteiger partial charge on any atom is 0.193 e. The van der Waals surface area contributed by atoms with Crippen molar-refractivity contribution in [3.05, 3.63) is 23.5 Å². The van der Waals surface area contributed by atoms with E-state index in [1.807, 2.05) is 0 Å². The van der Waals surface area contributed by atoms with Crippen LogP contribution in [0.2, 0.25) is 0 Å². The summed E-state index contributed by atoms with van der Waals surface area (Å²) in [5.41, 5.74) is 1.20. The van der Waals surface area contributed by atoms with E-state index in [1.165, 1.54) is 12.1 Å². The van der Waals surface area contributed by atoms with Crippen LogP contribution in [-0.4, -0.2) is 14.2 Å². The van der Waals surface area contributed by atoms with E-state index in [2.05, 4.69) is 56.9 Å². The Morgan fingerprint density at radius 1 is 1.60 bits per heavy atom. The summed E-state index contributed by atoms with van der Waals surface area (Å²) in [7, 11) is 0. The fourth-order valence-corrected chi connectivity index (χ4v) is 2.64. The van der Waals surface area contributed by atoms with E-state index >= 15 is 0 Å². The molecule has 2 unspecified atom stereocenters. The summed E-state index contributed by atoms with van der Waals surface area (Å²) in [5.74, 6) is 0.639. The van der Waals surface area contributed by atoms with E-state index in [4.69, 9.17) is 0 Å². The van der Waals surface area contributed by atoms with E-state index < -0.39 is 0 Å². The van der Waals surface area contributed by atoms with Crippen molar-refractivity contribution in [2.75, 3.05) is 0 Å². The lowest BCUT2D eigenvalue weighted by Gasteiger charge is -2.14. The Bertz CT molecular complexity index is 406. The molecule has 4 heteroatoms. The molecule has 0 saturated heterocycles. The molecule has 2 aromatic heterocycles. The molecule has 82 valence electrons. The summed E-state index contributed by atoms with van der Waals surface area (Å²) in [6, 6.07) is 0. The number of thiazole rings is 1. The largest absolute Gasteiger partial charge is 0.297 e. The standard InChI is InChI=1S/C11H15BrN2S/c1-3-10(12)8(2)6-9-7-14-4-5-15-11(14)13-9/h4-5,7-8,10H,3,6H2,1-2H3.